The van der Waals surface area contributed by atoms with Crippen LogP contribution in [0.2, 0.25) is 0 Å². The van der Waals surface area contributed by atoms with Crippen molar-refractivity contribution in [2.24, 2.45) is 0 Å². The van der Waals surface area contributed by atoms with Crippen molar-refractivity contribution in [3.63, 3.8) is 0 Å². The number of benzene rings is 2. The molecule has 2 rings (SSSR count). The summed E-state index contributed by atoms with van der Waals surface area (Å²) < 4.78 is 53.8. The van der Waals surface area contributed by atoms with Gasteiger partial charge in [-0.2, -0.15) is 0 Å². The van der Waals surface area contributed by atoms with Crippen molar-refractivity contribution in [1.29, 1.82) is 0 Å². The summed E-state index contributed by atoms with van der Waals surface area (Å²) in [5.41, 5.74) is -0.0883. The average Bonchev–Trinajstić information content (AvgIpc) is 2.32. The molecule has 1 unspecified atom stereocenters. The van der Waals surface area contributed by atoms with E-state index in [9.17, 15) is 17.6 Å². The lowest BCUT2D eigenvalue weighted by atomic mass is 10.1. The van der Waals surface area contributed by atoms with E-state index >= 15 is 0 Å². The highest BCUT2D eigenvalue weighted by atomic mass is 79.9. The van der Waals surface area contributed by atoms with Crippen LogP contribution in [0.15, 0.2) is 34.8 Å². The second-order valence-corrected chi connectivity index (χ2v) is 5.23. The van der Waals surface area contributed by atoms with Gasteiger partial charge in [0.25, 0.3) is 0 Å². The maximum absolute atomic E-state index is 13.7. The van der Waals surface area contributed by atoms with Crippen molar-refractivity contribution in [1.82, 2.24) is 0 Å². The van der Waals surface area contributed by atoms with Crippen LogP contribution in [0.3, 0.4) is 0 Å². The summed E-state index contributed by atoms with van der Waals surface area (Å²) in [6.45, 7) is 1.55. The minimum Gasteiger partial charge on any atom is -0.374 e. The van der Waals surface area contributed by atoms with Gasteiger partial charge in [0, 0.05) is 16.6 Å². The van der Waals surface area contributed by atoms with Crippen LogP contribution >= 0.6 is 15.9 Å². The molecule has 2 aromatic rings. The zero-order valence-corrected chi connectivity index (χ0v) is 11.9. The van der Waals surface area contributed by atoms with E-state index < -0.39 is 29.3 Å². The van der Waals surface area contributed by atoms with Gasteiger partial charge in [0.1, 0.15) is 29.0 Å². The lowest BCUT2D eigenvalue weighted by molar-refractivity contribution is 0.573. The summed E-state index contributed by atoms with van der Waals surface area (Å²) in [6, 6.07) is 4.49. The average molecular weight is 348 g/mol. The van der Waals surface area contributed by atoms with Crippen LogP contribution < -0.4 is 5.32 Å². The molecule has 1 atom stereocenters. The molecule has 0 aromatic heterocycles. The fraction of sp³-hybridized carbons (Fsp3) is 0.143. The Morgan fingerprint density at radius 1 is 0.900 bits per heavy atom. The predicted octanol–water partition coefficient (Wildman–Crippen LogP) is 5.18. The van der Waals surface area contributed by atoms with Gasteiger partial charge in [-0.3, -0.25) is 0 Å². The summed E-state index contributed by atoms with van der Waals surface area (Å²) >= 11 is 2.97. The van der Waals surface area contributed by atoms with E-state index in [2.05, 4.69) is 21.2 Å². The lowest BCUT2D eigenvalue weighted by Crippen LogP contribution is -2.10. The molecule has 106 valence electrons. The second kappa shape index (κ2) is 5.83. The fourth-order valence-electron chi connectivity index (χ4n) is 1.81. The van der Waals surface area contributed by atoms with Crippen molar-refractivity contribution < 1.29 is 17.6 Å². The number of nitrogens with one attached hydrogen (secondary N) is 1. The molecular formula is C14H10BrF4N. The molecule has 0 fully saturated rings. The van der Waals surface area contributed by atoms with E-state index in [4.69, 9.17) is 0 Å². The van der Waals surface area contributed by atoms with Gasteiger partial charge >= 0.3 is 0 Å². The van der Waals surface area contributed by atoms with Crippen LogP contribution in [-0.4, -0.2) is 0 Å². The first-order valence-electron chi connectivity index (χ1n) is 5.74. The third-order valence-electron chi connectivity index (χ3n) is 2.75. The van der Waals surface area contributed by atoms with E-state index in [1.165, 1.54) is 0 Å². The SMILES string of the molecule is CC(Nc1c(F)cc(Br)cc1F)c1cc(F)cc(F)c1. The first kappa shape index (κ1) is 14.8. The lowest BCUT2D eigenvalue weighted by Gasteiger charge is -2.17. The van der Waals surface area contributed by atoms with E-state index in [0.717, 1.165) is 30.3 Å². The van der Waals surface area contributed by atoms with E-state index in [0.29, 0.717) is 0 Å². The Hall–Kier alpha value is -1.56. The molecule has 0 aliphatic carbocycles. The molecule has 0 bridgehead atoms. The highest BCUT2D eigenvalue weighted by Gasteiger charge is 2.15. The molecule has 6 heteroatoms. The molecule has 0 saturated carbocycles. The van der Waals surface area contributed by atoms with Crippen molar-refractivity contribution in [3.05, 3.63) is 63.6 Å². The highest BCUT2D eigenvalue weighted by Crippen LogP contribution is 2.28. The molecule has 0 heterocycles. The van der Waals surface area contributed by atoms with Gasteiger partial charge in [-0.15, -0.1) is 0 Å². The summed E-state index contributed by atoms with van der Waals surface area (Å²) in [6.07, 6.45) is 0. The quantitative estimate of drug-likeness (QED) is 0.754. The van der Waals surface area contributed by atoms with E-state index in [-0.39, 0.29) is 15.7 Å². The third-order valence-corrected chi connectivity index (χ3v) is 3.21. The fourth-order valence-corrected chi connectivity index (χ4v) is 2.21. The van der Waals surface area contributed by atoms with Crippen LogP contribution in [0.4, 0.5) is 23.2 Å². The predicted molar refractivity (Wildman–Crippen MR) is 72.5 cm³/mol. The zero-order chi connectivity index (χ0) is 14.9. The van der Waals surface area contributed by atoms with Crippen LogP contribution in [0.25, 0.3) is 0 Å². The zero-order valence-electron chi connectivity index (χ0n) is 10.4. The van der Waals surface area contributed by atoms with Crippen molar-refractivity contribution in [2.45, 2.75) is 13.0 Å². The molecule has 2 aromatic carbocycles. The van der Waals surface area contributed by atoms with Gasteiger partial charge in [-0.1, -0.05) is 15.9 Å². The van der Waals surface area contributed by atoms with Crippen molar-refractivity contribution in [2.75, 3.05) is 5.32 Å². The minimum atomic E-state index is -0.791. The number of hydrogen-bond donors (Lipinski definition) is 1. The standard InChI is InChI=1S/C14H10BrF4N/c1-7(8-2-10(16)6-11(17)3-8)20-14-12(18)4-9(15)5-13(14)19/h2-7,20H,1H3. The Morgan fingerprint density at radius 2 is 1.40 bits per heavy atom. The number of halogens is 5. The summed E-state index contributed by atoms with van der Waals surface area (Å²) in [5, 5.41) is 2.57. The molecule has 0 radical (unpaired) electrons. The Bertz CT molecular complexity index is 602. The van der Waals surface area contributed by atoms with Gasteiger partial charge < -0.3 is 5.32 Å². The molecule has 1 nitrogen and oxygen atoms in total. The van der Waals surface area contributed by atoms with Gasteiger partial charge in [-0.05, 0) is 36.8 Å². The topological polar surface area (TPSA) is 12.0 Å². The minimum absolute atomic E-state index is 0.254. The molecule has 0 saturated heterocycles. The largest absolute Gasteiger partial charge is 0.374 e. The molecule has 1 N–H and O–H groups in total. The first-order chi connectivity index (χ1) is 9.36. The van der Waals surface area contributed by atoms with E-state index in [1.807, 2.05) is 0 Å². The first-order valence-corrected chi connectivity index (χ1v) is 6.53. The van der Waals surface area contributed by atoms with Gasteiger partial charge in [0.05, 0.1) is 0 Å². The van der Waals surface area contributed by atoms with Gasteiger partial charge in [0.15, 0.2) is 0 Å². The Balaban J connectivity index is 2.30. The number of rotatable bonds is 3. The van der Waals surface area contributed by atoms with Gasteiger partial charge in [-0.25, -0.2) is 17.6 Å². The molecule has 0 aliphatic heterocycles. The molecular weight excluding hydrogens is 338 g/mol. The highest BCUT2D eigenvalue weighted by molar-refractivity contribution is 9.10. The Kier molecular flexibility index (Phi) is 4.32. The number of hydrogen-bond acceptors (Lipinski definition) is 1. The van der Waals surface area contributed by atoms with Crippen LogP contribution in [0.5, 0.6) is 0 Å². The maximum Gasteiger partial charge on any atom is 0.150 e. The third kappa shape index (κ3) is 3.30. The van der Waals surface area contributed by atoms with Crippen molar-refractivity contribution >= 4 is 21.6 Å². The summed E-state index contributed by atoms with van der Waals surface area (Å²) in [5.74, 6) is -3.07. The summed E-state index contributed by atoms with van der Waals surface area (Å²) in [7, 11) is 0. The van der Waals surface area contributed by atoms with Crippen LogP contribution in [0, 0.1) is 23.3 Å². The van der Waals surface area contributed by atoms with Crippen molar-refractivity contribution in [3.8, 4) is 0 Å². The molecule has 0 spiro atoms. The second-order valence-electron chi connectivity index (χ2n) is 4.31. The molecule has 0 aliphatic rings. The molecule has 20 heavy (non-hydrogen) atoms. The maximum atomic E-state index is 13.7. The Labute approximate surface area is 121 Å². The normalized spacial score (nSPS) is 12.3. The Morgan fingerprint density at radius 3 is 1.90 bits per heavy atom. The smallest absolute Gasteiger partial charge is 0.150 e. The van der Waals surface area contributed by atoms with Crippen LogP contribution in [-0.2, 0) is 0 Å². The van der Waals surface area contributed by atoms with Gasteiger partial charge in [0.2, 0.25) is 0 Å². The van der Waals surface area contributed by atoms with Crippen LogP contribution in [0.1, 0.15) is 18.5 Å². The molecule has 0 amide bonds. The monoisotopic (exact) mass is 347 g/mol. The number of anilines is 1. The summed E-state index contributed by atoms with van der Waals surface area (Å²) in [4.78, 5) is 0. The van der Waals surface area contributed by atoms with E-state index in [1.54, 1.807) is 6.92 Å².